The van der Waals surface area contributed by atoms with Gasteiger partial charge in [0.1, 0.15) is 17.4 Å². The number of hydrogen-bond acceptors (Lipinski definition) is 5. The number of amides is 1. The molecule has 0 saturated heterocycles. The number of nitriles is 1. The Morgan fingerprint density at radius 2 is 2.23 bits per heavy atom. The van der Waals surface area contributed by atoms with Crippen LogP contribution in [-0.2, 0) is 9.59 Å². The number of ether oxygens (including phenoxy) is 1. The van der Waals surface area contributed by atoms with Crippen molar-refractivity contribution in [2.24, 2.45) is 0 Å². The molecule has 0 fully saturated rings. The van der Waals surface area contributed by atoms with Gasteiger partial charge in [0.15, 0.2) is 0 Å². The average Bonchev–Trinajstić information content (AvgIpc) is 2.52. The highest BCUT2D eigenvalue weighted by molar-refractivity contribution is 5.97. The van der Waals surface area contributed by atoms with E-state index in [1.807, 2.05) is 0 Å². The largest absolute Gasteiger partial charge is 0.497 e. The van der Waals surface area contributed by atoms with E-state index >= 15 is 0 Å². The number of hydrogen-bond donors (Lipinski definition) is 3. The fourth-order valence-electron chi connectivity index (χ4n) is 1.55. The fourth-order valence-corrected chi connectivity index (χ4v) is 1.55. The smallest absolute Gasteiger partial charge is 0.303 e. The number of carboxylic acids is 1. The van der Waals surface area contributed by atoms with E-state index in [1.54, 1.807) is 37.4 Å². The summed E-state index contributed by atoms with van der Waals surface area (Å²) in [5.41, 5.74) is 0.573. The summed E-state index contributed by atoms with van der Waals surface area (Å²) in [5, 5.41) is 22.8. The van der Waals surface area contributed by atoms with Crippen LogP contribution in [0.25, 0.3) is 0 Å². The molecule has 0 atom stereocenters. The molecule has 0 aliphatic carbocycles. The van der Waals surface area contributed by atoms with Gasteiger partial charge in [-0.1, -0.05) is 6.07 Å². The van der Waals surface area contributed by atoms with Crippen LogP contribution in [-0.4, -0.2) is 30.6 Å². The van der Waals surface area contributed by atoms with Gasteiger partial charge < -0.3 is 20.5 Å². The molecule has 0 spiro atoms. The average molecular weight is 303 g/mol. The van der Waals surface area contributed by atoms with Crippen LogP contribution in [0.1, 0.15) is 12.8 Å². The van der Waals surface area contributed by atoms with Crippen LogP contribution in [0.3, 0.4) is 0 Å². The van der Waals surface area contributed by atoms with Gasteiger partial charge in [-0.2, -0.15) is 5.26 Å². The Labute approximate surface area is 128 Å². The van der Waals surface area contributed by atoms with Gasteiger partial charge >= 0.3 is 5.97 Å². The van der Waals surface area contributed by atoms with Gasteiger partial charge in [0.2, 0.25) is 0 Å². The minimum atomic E-state index is -0.926. The molecule has 3 N–H and O–H groups in total. The van der Waals surface area contributed by atoms with E-state index in [1.165, 1.54) is 6.20 Å². The van der Waals surface area contributed by atoms with Crippen LogP contribution < -0.4 is 15.4 Å². The van der Waals surface area contributed by atoms with E-state index in [9.17, 15) is 9.59 Å². The Hall–Kier alpha value is -3.01. The maximum atomic E-state index is 11.7. The number of nitrogens with one attached hydrogen (secondary N) is 2. The van der Waals surface area contributed by atoms with Crippen LogP contribution >= 0.6 is 0 Å². The summed E-state index contributed by atoms with van der Waals surface area (Å²) < 4.78 is 5.07. The molecule has 0 aliphatic rings. The van der Waals surface area contributed by atoms with Gasteiger partial charge in [-0.25, -0.2) is 0 Å². The summed E-state index contributed by atoms with van der Waals surface area (Å²) in [6.07, 6.45) is 1.57. The van der Waals surface area contributed by atoms with E-state index in [2.05, 4.69) is 10.6 Å². The zero-order valence-electron chi connectivity index (χ0n) is 12.1. The lowest BCUT2D eigenvalue weighted by atomic mass is 10.2. The molecule has 0 saturated carbocycles. The third-order valence-electron chi connectivity index (χ3n) is 2.67. The molecule has 1 aromatic carbocycles. The fraction of sp³-hybridized carbons (Fsp3) is 0.267. The van der Waals surface area contributed by atoms with Crippen molar-refractivity contribution in [1.82, 2.24) is 5.32 Å². The topological polar surface area (TPSA) is 111 Å². The Morgan fingerprint density at radius 3 is 2.86 bits per heavy atom. The van der Waals surface area contributed by atoms with Crippen LogP contribution in [0.5, 0.6) is 5.75 Å². The third-order valence-corrected chi connectivity index (χ3v) is 2.67. The lowest BCUT2D eigenvalue weighted by Crippen LogP contribution is -2.26. The molecule has 0 aromatic heterocycles. The molecule has 22 heavy (non-hydrogen) atoms. The first-order chi connectivity index (χ1) is 10.6. The Balaban J connectivity index is 2.56. The van der Waals surface area contributed by atoms with Crippen molar-refractivity contribution in [2.75, 3.05) is 19.0 Å². The summed E-state index contributed by atoms with van der Waals surface area (Å²) in [6.45, 7) is 0.198. The molecule has 0 unspecified atom stereocenters. The lowest BCUT2D eigenvalue weighted by molar-refractivity contribution is -0.137. The van der Waals surface area contributed by atoms with Crippen molar-refractivity contribution >= 4 is 17.6 Å². The molecule has 7 heteroatoms. The Kier molecular flexibility index (Phi) is 6.99. The first kappa shape index (κ1) is 17.0. The number of methoxy groups -OCH3 is 1. The van der Waals surface area contributed by atoms with E-state index in [4.69, 9.17) is 15.1 Å². The first-order valence-electron chi connectivity index (χ1n) is 6.57. The maximum Gasteiger partial charge on any atom is 0.303 e. The molecule has 0 aliphatic heterocycles. The van der Waals surface area contributed by atoms with Gasteiger partial charge in [-0.3, -0.25) is 9.59 Å². The zero-order chi connectivity index (χ0) is 16.4. The van der Waals surface area contributed by atoms with Crippen molar-refractivity contribution < 1.29 is 19.4 Å². The van der Waals surface area contributed by atoms with Crippen molar-refractivity contribution in [1.29, 1.82) is 5.26 Å². The third kappa shape index (κ3) is 5.96. The summed E-state index contributed by atoms with van der Waals surface area (Å²) in [7, 11) is 1.54. The second kappa shape index (κ2) is 9.02. The second-order valence-corrected chi connectivity index (χ2v) is 4.30. The molecule has 0 heterocycles. The number of anilines is 1. The number of carboxylic acid groups (broad SMARTS) is 1. The minimum Gasteiger partial charge on any atom is -0.497 e. The van der Waals surface area contributed by atoms with Crippen LogP contribution in [0.2, 0.25) is 0 Å². The quantitative estimate of drug-likeness (QED) is 0.381. The van der Waals surface area contributed by atoms with E-state index in [-0.39, 0.29) is 18.5 Å². The van der Waals surface area contributed by atoms with Gasteiger partial charge in [0, 0.05) is 30.9 Å². The van der Waals surface area contributed by atoms with Gasteiger partial charge in [0.05, 0.1) is 7.11 Å². The predicted octanol–water partition coefficient (Wildman–Crippen LogP) is 1.50. The number of carbonyl (C=O) groups is 2. The Bertz CT molecular complexity index is 605. The van der Waals surface area contributed by atoms with Gasteiger partial charge in [0.25, 0.3) is 5.91 Å². The molecule has 1 amide bonds. The summed E-state index contributed by atoms with van der Waals surface area (Å²) in [6, 6.07) is 8.81. The lowest BCUT2D eigenvalue weighted by Gasteiger charge is -2.06. The van der Waals surface area contributed by atoms with Crippen molar-refractivity contribution in [3.8, 4) is 11.8 Å². The molecule has 1 aromatic rings. The number of aliphatic carboxylic acids is 1. The Morgan fingerprint density at radius 1 is 1.45 bits per heavy atom. The number of carbonyl (C=O) groups excluding carboxylic acids is 1. The first-order valence-corrected chi connectivity index (χ1v) is 6.57. The maximum absolute atomic E-state index is 11.7. The van der Waals surface area contributed by atoms with Crippen molar-refractivity contribution in [2.45, 2.75) is 12.8 Å². The van der Waals surface area contributed by atoms with Crippen molar-refractivity contribution in [3.63, 3.8) is 0 Å². The number of nitrogens with zero attached hydrogens (tertiary/aromatic N) is 1. The van der Waals surface area contributed by atoms with Crippen LogP contribution in [0.4, 0.5) is 5.69 Å². The van der Waals surface area contributed by atoms with E-state index in [0.717, 1.165) is 0 Å². The van der Waals surface area contributed by atoms with E-state index < -0.39 is 11.9 Å². The molecule has 0 radical (unpaired) electrons. The molecule has 7 nitrogen and oxygen atoms in total. The highest BCUT2D eigenvalue weighted by Gasteiger charge is 2.08. The number of benzene rings is 1. The number of rotatable bonds is 8. The highest BCUT2D eigenvalue weighted by Crippen LogP contribution is 2.16. The standard InChI is InChI=1S/C15H17N3O4/c1-22-13-5-2-4-12(8-13)18-10-11(9-16)15(21)17-7-3-6-14(19)20/h2,4-5,8,10,18H,3,6-7H2,1H3,(H,17,21)(H,19,20)/b11-10-. The SMILES string of the molecule is COc1cccc(N/C=C(/C#N)C(=O)NCCCC(=O)O)c1. The van der Waals surface area contributed by atoms with Crippen LogP contribution in [0, 0.1) is 11.3 Å². The van der Waals surface area contributed by atoms with Crippen LogP contribution in [0.15, 0.2) is 36.0 Å². The van der Waals surface area contributed by atoms with E-state index in [0.29, 0.717) is 17.9 Å². The predicted molar refractivity (Wildman–Crippen MR) is 80.2 cm³/mol. The highest BCUT2D eigenvalue weighted by atomic mass is 16.5. The monoisotopic (exact) mass is 303 g/mol. The molecule has 116 valence electrons. The van der Waals surface area contributed by atoms with Gasteiger partial charge in [-0.15, -0.1) is 0 Å². The molecule has 1 rings (SSSR count). The summed E-state index contributed by atoms with van der Waals surface area (Å²) in [5.74, 6) is -0.830. The van der Waals surface area contributed by atoms with Crippen molar-refractivity contribution in [3.05, 3.63) is 36.0 Å². The minimum absolute atomic E-state index is 0.0338. The molecule has 0 bridgehead atoms. The molecular formula is C15H17N3O4. The normalized spacial score (nSPS) is 10.5. The molecular weight excluding hydrogens is 286 g/mol. The summed E-state index contributed by atoms with van der Waals surface area (Å²) in [4.78, 5) is 22.1. The summed E-state index contributed by atoms with van der Waals surface area (Å²) >= 11 is 0. The zero-order valence-corrected chi connectivity index (χ0v) is 12.1. The van der Waals surface area contributed by atoms with Gasteiger partial charge in [-0.05, 0) is 18.6 Å². The second-order valence-electron chi connectivity index (χ2n) is 4.30.